The van der Waals surface area contributed by atoms with Crippen molar-refractivity contribution in [2.45, 2.75) is 51.2 Å². The summed E-state index contributed by atoms with van der Waals surface area (Å²) in [5, 5.41) is 4.38. The van der Waals surface area contributed by atoms with Gasteiger partial charge in [-0.2, -0.15) is 0 Å². The summed E-state index contributed by atoms with van der Waals surface area (Å²) >= 11 is 1.74. The number of aromatic nitrogens is 2. The molecule has 0 saturated carbocycles. The molecule has 1 N–H and O–H groups in total. The van der Waals surface area contributed by atoms with Crippen LogP contribution in [0.5, 0.6) is 0 Å². The fraction of sp³-hybridized carbons (Fsp3) is 0.692. The van der Waals surface area contributed by atoms with Gasteiger partial charge in [-0.05, 0) is 52.6 Å². The topological polar surface area (TPSA) is 37.8 Å². The maximum atomic E-state index is 4.27. The molecule has 0 aromatic carbocycles. The minimum Gasteiger partial charge on any atom is -0.312 e. The summed E-state index contributed by atoms with van der Waals surface area (Å²) in [5.74, 6) is 1.09. The van der Waals surface area contributed by atoms with E-state index < -0.39 is 0 Å². The molecule has 1 aromatic heterocycles. The highest BCUT2D eigenvalue weighted by Crippen LogP contribution is 2.13. The molecule has 0 radical (unpaired) electrons. The maximum absolute atomic E-state index is 4.27. The molecule has 0 aliphatic rings. The van der Waals surface area contributed by atoms with Gasteiger partial charge in [-0.25, -0.2) is 9.97 Å². The van der Waals surface area contributed by atoms with Crippen molar-refractivity contribution in [3.8, 4) is 0 Å². The van der Waals surface area contributed by atoms with E-state index in [2.05, 4.69) is 36.1 Å². The summed E-state index contributed by atoms with van der Waals surface area (Å²) in [5.41, 5.74) is 1.34. The largest absolute Gasteiger partial charge is 0.312 e. The lowest BCUT2D eigenvalue weighted by molar-refractivity contribution is 0.421. The second-order valence-corrected chi connectivity index (χ2v) is 6.34. The van der Waals surface area contributed by atoms with E-state index in [0.717, 1.165) is 23.0 Å². The fourth-order valence-electron chi connectivity index (χ4n) is 1.31. The van der Waals surface area contributed by atoms with Crippen LogP contribution >= 0.6 is 11.8 Å². The second kappa shape index (κ2) is 6.97. The van der Waals surface area contributed by atoms with E-state index in [9.17, 15) is 0 Å². The molecule has 3 nitrogen and oxygen atoms in total. The van der Waals surface area contributed by atoms with Crippen LogP contribution in [0.25, 0.3) is 0 Å². The van der Waals surface area contributed by atoms with Crippen LogP contribution in [0.1, 0.15) is 39.2 Å². The van der Waals surface area contributed by atoms with Gasteiger partial charge in [0.25, 0.3) is 0 Å². The molecule has 1 heterocycles. The monoisotopic (exact) mass is 253 g/mol. The zero-order chi connectivity index (χ0) is 12.7. The Bertz CT molecular complexity index is 316. The van der Waals surface area contributed by atoms with Crippen molar-refractivity contribution in [3.05, 3.63) is 18.0 Å². The number of rotatable bonds is 6. The van der Waals surface area contributed by atoms with Crippen molar-refractivity contribution >= 4 is 11.8 Å². The van der Waals surface area contributed by atoms with Crippen molar-refractivity contribution < 1.29 is 0 Å². The van der Waals surface area contributed by atoms with Crippen LogP contribution in [0.15, 0.2) is 17.6 Å². The molecule has 4 heteroatoms. The average Bonchev–Trinajstić information content (AvgIpc) is 2.24. The molecule has 0 unspecified atom stereocenters. The standard InChI is InChI=1S/C13H23N3S/c1-11-9-14-12(15-10-11)17-8-6-5-7-16-13(2,3)4/h9-10,16H,5-8H2,1-4H3. The van der Waals surface area contributed by atoms with Crippen LogP contribution in [-0.2, 0) is 0 Å². The Morgan fingerprint density at radius 3 is 2.41 bits per heavy atom. The smallest absolute Gasteiger partial charge is 0.187 e. The zero-order valence-electron chi connectivity index (χ0n) is 11.3. The van der Waals surface area contributed by atoms with Gasteiger partial charge in [-0.3, -0.25) is 0 Å². The number of nitrogens with zero attached hydrogens (tertiary/aromatic N) is 2. The van der Waals surface area contributed by atoms with E-state index >= 15 is 0 Å². The molecule has 0 aliphatic heterocycles. The highest BCUT2D eigenvalue weighted by Gasteiger charge is 2.06. The van der Waals surface area contributed by atoms with Gasteiger partial charge in [0.2, 0.25) is 0 Å². The third-order valence-electron chi connectivity index (χ3n) is 2.21. The normalized spacial score (nSPS) is 11.8. The van der Waals surface area contributed by atoms with Crippen LogP contribution < -0.4 is 5.32 Å². The lowest BCUT2D eigenvalue weighted by Gasteiger charge is -2.20. The van der Waals surface area contributed by atoms with Crippen LogP contribution in [0.3, 0.4) is 0 Å². The predicted octanol–water partition coefficient (Wildman–Crippen LogP) is 3.05. The number of hydrogen-bond donors (Lipinski definition) is 1. The summed E-state index contributed by atoms with van der Waals surface area (Å²) in [6.07, 6.45) is 6.15. The van der Waals surface area contributed by atoms with Crippen molar-refractivity contribution in [2.24, 2.45) is 0 Å². The molecular formula is C13H23N3S. The highest BCUT2D eigenvalue weighted by molar-refractivity contribution is 7.99. The molecule has 1 aromatic rings. The van der Waals surface area contributed by atoms with Crippen LogP contribution in [0.4, 0.5) is 0 Å². The van der Waals surface area contributed by atoms with Crippen molar-refractivity contribution in [1.82, 2.24) is 15.3 Å². The summed E-state index contributed by atoms with van der Waals surface area (Å²) in [7, 11) is 0. The van der Waals surface area contributed by atoms with E-state index in [1.807, 2.05) is 19.3 Å². The predicted molar refractivity (Wildman–Crippen MR) is 74.5 cm³/mol. The van der Waals surface area contributed by atoms with Gasteiger partial charge >= 0.3 is 0 Å². The summed E-state index contributed by atoms with van der Waals surface area (Å²) in [6.45, 7) is 9.68. The highest BCUT2D eigenvalue weighted by atomic mass is 32.2. The van der Waals surface area contributed by atoms with E-state index in [-0.39, 0.29) is 5.54 Å². The lowest BCUT2D eigenvalue weighted by atomic mass is 10.1. The average molecular weight is 253 g/mol. The molecule has 0 aliphatic carbocycles. The molecule has 17 heavy (non-hydrogen) atoms. The Kier molecular flexibility index (Phi) is 5.92. The number of thioether (sulfide) groups is 1. The molecule has 96 valence electrons. The Morgan fingerprint density at radius 2 is 1.82 bits per heavy atom. The van der Waals surface area contributed by atoms with E-state index in [4.69, 9.17) is 0 Å². The minimum atomic E-state index is 0.229. The molecule has 0 amide bonds. The summed E-state index contributed by atoms with van der Waals surface area (Å²) < 4.78 is 0. The van der Waals surface area contributed by atoms with E-state index in [0.29, 0.717) is 0 Å². The number of hydrogen-bond acceptors (Lipinski definition) is 4. The van der Waals surface area contributed by atoms with Gasteiger partial charge in [0.15, 0.2) is 5.16 Å². The maximum Gasteiger partial charge on any atom is 0.187 e. The third kappa shape index (κ3) is 7.34. The minimum absolute atomic E-state index is 0.229. The number of nitrogens with one attached hydrogen (secondary N) is 1. The second-order valence-electron chi connectivity index (χ2n) is 5.28. The SMILES string of the molecule is Cc1cnc(SCCCCNC(C)(C)C)nc1. The molecule has 0 fully saturated rings. The Balaban J connectivity index is 2.07. The first-order chi connectivity index (χ1) is 7.97. The quantitative estimate of drug-likeness (QED) is 0.480. The Labute approximate surface area is 109 Å². The van der Waals surface area contributed by atoms with Gasteiger partial charge < -0.3 is 5.32 Å². The van der Waals surface area contributed by atoms with Crippen LogP contribution in [0, 0.1) is 6.92 Å². The molecular weight excluding hydrogens is 230 g/mol. The van der Waals surface area contributed by atoms with Gasteiger partial charge in [-0.1, -0.05) is 11.8 Å². The first-order valence-electron chi connectivity index (χ1n) is 6.14. The first kappa shape index (κ1) is 14.5. The molecule has 0 spiro atoms. The van der Waals surface area contributed by atoms with E-state index in [1.54, 1.807) is 11.8 Å². The van der Waals surface area contributed by atoms with Crippen LogP contribution in [0.2, 0.25) is 0 Å². The lowest BCUT2D eigenvalue weighted by Crippen LogP contribution is -2.36. The van der Waals surface area contributed by atoms with Crippen LogP contribution in [-0.4, -0.2) is 27.8 Å². The first-order valence-corrected chi connectivity index (χ1v) is 7.12. The van der Waals surface area contributed by atoms with Crippen molar-refractivity contribution in [3.63, 3.8) is 0 Å². The molecule has 0 bridgehead atoms. The van der Waals surface area contributed by atoms with Crippen molar-refractivity contribution in [2.75, 3.05) is 12.3 Å². The molecule has 0 saturated heterocycles. The summed E-state index contributed by atoms with van der Waals surface area (Å²) in [4.78, 5) is 8.54. The third-order valence-corrected chi connectivity index (χ3v) is 3.18. The Morgan fingerprint density at radius 1 is 1.18 bits per heavy atom. The van der Waals surface area contributed by atoms with Gasteiger partial charge in [0.05, 0.1) is 0 Å². The zero-order valence-corrected chi connectivity index (χ0v) is 12.1. The van der Waals surface area contributed by atoms with Gasteiger partial charge in [-0.15, -0.1) is 0 Å². The summed E-state index contributed by atoms with van der Waals surface area (Å²) in [6, 6.07) is 0. The molecule has 1 rings (SSSR count). The van der Waals surface area contributed by atoms with E-state index in [1.165, 1.54) is 12.8 Å². The van der Waals surface area contributed by atoms with Gasteiger partial charge in [0, 0.05) is 23.7 Å². The van der Waals surface area contributed by atoms with Crippen molar-refractivity contribution in [1.29, 1.82) is 0 Å². The number of unbranched alkanes of at least 4 members (excludes halogenated alkanes) is 1. The fourth-order valence-corrected chi connectivity index (χ4v) is 2.09. The number of aryl methyl sites for hydroxylation is 1. The Hall–Kier alpha value is -0.610. The molecule has 0 atom stereocenters. The van der Waals surface area contributed by atoms with Gasteiger partial charge in [0.1, 0.15) is 0 Å².